The summed E-state index contributed by atoms with van der Waals surface area (Å²) in [7, 11) is 0. The van der Waals surface area contributed by atoms with Gasteiger partial charge >= 0.3 is 11.9 Å². The molecule has 19 heavy (non-hydrogen) atoms. The lowest BCUT2D eigenvalue weighted by Gasteiger charge is -2.17. The third kappa shape index (κ3) is 6.07. The van der Waals surface area contributed by atoms with Gasteiger partial charge in [0.1, 0.15) is 24.2 Å². The zero-order valence-corrected chi connectivity index (χ0v) is 10.5. The van der Waals surface area contributed by atoms with E-state index >= 15 is 0 Å². The fraction of sp³-hybridized carbons (Fsp3) is 0.455. The number of nitrogens with zero attached hydrogens (tertiary/aromatic N) is 1. The zero-order chi connectivity index (χ0) is 15.0. The molecule has 0 radical (unpaired) electrons. The molecule has 0 aliphatic heterocycles. The van der Waals surface area contributed by atoms with E-state index in [1.54, 1.807) is 19.9 Å². The molecule has 0 aliphatic rings. The van der Waals surface area contributed by atoms with Gasteiger partial charge in [0.25, 0.3) is 5.91 Å². The molecule has 0 aromatic heterocycles. The normalized spacial score (nSPS) is 12.4. The van der Waals surface area contributed by atoms with Crippen LogP contribution in [0, 0.1) is 17.2 Å². The number of carboxylic acid groups (broad SMARTS) is 2. The van der Waals surface area contributed by atoms with Crippen LogP contribution < -0.4 is 10.6 Å². The number of nitriles is 1. The van der Waals surface area contributed by atoms with Gasteiger partial charge < -0.3 is 20.8 Å². The molecule has 8 nitrogen and oxygen atoms in total. The number of hydrogen-bond donors (Lipinski definition) is 4. The first-order chi connectivity index (χ1) is 8.79. The number of hydrogen-bond acceptors (Lipinski definition) is 5. The summed E-state index contributed by atoms with van der Waals surface area (Å²) in [5.41, 5.74) is -0.395. The van der Waals surface area contributed by atoms with Crippen LogP contribution >= 0.6 is 0 Å². The lowest BCUT2D eigenvalue weighted by molar-refractivity contribution is -0.142. The molecule has 0 aromatic rings. The van der Waals surface area contributed by atoms with E-state index < -0.39 is 36.0 Å². The second kappa shape index (κ2) is 7.71. The summed E-state index contributed by atoms with van der Waals surface area (Å²) in [6.07, 6.45) is 0.933. The van der Waals surface area contributed by atoms with Gasteiger partial charge in [-0.2, -0.15) is 5.26 Å². The van der Waals surface area contributed by atoms with Gasteiger partial charge in [0.05, 0.1) is 0 Å². The van der Waals surface area contributed by atoms with Crippen molar-refractivity contribution in [2.45, 2.75) is 19.9 Å². The maximum atomic E-state index is 11.6. The molecule has 1 unspecified atom stereocenters. The Bertz CT molecular complexity index is 436. The minimum atomic E-state index is -1.21. The summed E-state index contributed by atoms with van der Waals surface area (Å²) in [6.45, 7) is 2.76. The summed E-state index contributed by atoms with van der Waals surface area (Å²) < 4.78 is 0. The van der Waals surface area contributed by atoms with E-state index in [2.05, 4.69) is 10.6 Å². The highest BCUT2D eigenvalue weighted by Crippen LogP contribution is 2.03. The average Bonchev–Trinajstić information content (AvgIpc) is 2.30. The van der Waals surface area contributed by atoms with Crippen LogP contribution in [0.2, 0.25) is 0 Å². The van der Waals surface area contributed by atoms with Crippen molar-refractivity contribution in [2.75, 3.05) is 6.54 Å². The van der Waals surface area contributed by atoms with Crippen LogP contribution in [0.3, 0.4) is 0 Å². The molecule has 0 aromatic carbocycles. The van der Waals surface area contributed by atoms with Gasteiger partial charge in [-0.15, -0.1) is 0 Å². The van der Waals surface area contributed by atoms with Crippen molar-refractivity contribution in [3.05, 3.63) is 11.8 Å². The molecule has 104 valence electrons. The molecule has 0 aliphatic carbocycles. The molecule has 0 fully saturated rings. The van der Waals surface area contributed by atoms with Crippen molar-refractivity contribution in [3.8, 4) is 6.07 Å². The number of carboxylic acids is 2. The van der Waals surface area contributed by atoms with Crippen LogP contribution in [0.5, 0.6) is 0 Å². The first-order valence-corrected chi connectivity index (χ1v) is 5.38. The second-order valence-corrected chi connectivity index (χ2v) is 3.98. The minimum absolute atomic E-state index is 0.353. The summed E-state index contributed by atoms with van der Waals surface area (Å²) in [5, 5.41) is 30.4. The van der Waals surface area contributed by atoms with Gasteiger partial charge in [-0.05, 0) is 5.92 Å². The fourth-order valence-electron chi connectivity index (χ4n) is 1.12. The van der Waals surface area contributed by atoms with E-state index in [1.807, 2.05) is 0 Å². The van der Waals surface area contributed by atoms with E-state index in [4.69, 9.17) is 15.5 Å². The minimum Gasteiger partial charge on any atom is -0.480 e. The largest absolute Gasteiger partial charge is 0.480 e. The number of rotatable bonds is 7. The molecule has 8 heteroatoms. The van der Waals surface area contributed by atoms with E-state index in [9.17, 15) is 14.4 Å². The third-order valence-corrected chi connectivity index (χ3v) is 2.08. The Hall–Kier alpha value is -2.56. The molecular formula is C11H15N3O5. The number of aliphatic carboxylic acids is 2. The van der Waals surface area contributed by atoms with Crippen LogP contribution in [0.1, 0.15) is 13.8 Å². The number of carbonyl (C=O) groups is 3. The highest BCUT2D eigenvalue weighted by molar-refractivity contribution is 5.99. The van der Waals surface area contributed by atoms with Gasteiger partial charge in [-0.3, -0.25) is 9.59 Å². The summed E-state index contributed by atoms with van der Waals surface area (Å²) in [6, 6.07) is 0.438. The molecule has 0 rings (SSSR count). The van der Waals surface area contributed by atoms with Crippen molar-refractivity contribution >= 4 is 17.8 Å². The smallest absolute Gasteiger partial charge is 0.326 e. The standard InChI is InChI=1S/C11H15N3O5/c1-6(2)9(11(18)19)14-10(17)7(3-12)4-13-5-8(15)16/h4,6,9,13H,5H2,1-2H3,(H,14,17)(H,15,16)(H,18,19)/b7-4-. The van der Waals surface area contributed by atoms with Crippen LogP contribution in [-0.2, 0) is 14.4 Å². The molecule has 1 amide bonds. The number of carbonyl (C=O) groups excluding carboxylic acids is 1. The summed E-state index contributed by atoms with van der Waals surface area (Å²) >= 11 is 0. The van der Waals surface area contributed by atoms with E-state index in [-0.39, 0.29) is 5.92 Å². The first kappa shape index (κ1) is 16.4. The first-order valence-electron chi connectivity index (χ1n) is 5.38. The van der Waals surface area contributed by atoms with Gasteiger partial charge in [0.2, 0.25) is 0 Å². The number of amides is 1. The van der Waals surface area contributed by atoms with E-state index in [1.165, 1.54) is 0 Å². The lowest BCUT2D eigenvalue weighted by atomic mass is 10.0. The van der Waals surface area contributed by atoms with Crippen molar-refractivity contribution in [2.24, 2.45) is 5.92 Å². The molecule has 0 spiro atoms. The molecular weight excluding hydrogens is 254 g/mol. The monoisotopic (exact) mass is 269 g/mol. The summed E-state index contributed by atoms with van der Waals surface area (Å²) in [5.74, 6) is -3.59. The molecule has 1 atom stereocenters. The van der Waals surface area contributed by atoms with Crippen molar-refractivity contribution < 1.29 is 24.6 Å². The average molecular weight is 269 g/mol. The van der Waals surface area contributed by atoms with Gasteiger partial charge in [0, 0.05) is 6.20 Å². The third-order valence-electron chi connectivity index (χ3n) is 2.08. The second-order valence-electron chi connectivity index (χ2n) is 3.98. The topological polar surface area (TPSA) is 140 Å². The lowest BCUT2D eigenvalue weighted by Crippen LogP contribution is -2.44. The molecule has 0 saturated heterocycles. The van der Waals surface area contributed by atoms with E-state index in [0.717, 1.165) is 6.20 Å². The maximum absolute atomic E-state index is 11.6. The fourth-order valence-corrected chi connectivity index (χ4v) is 1.12. The van der Waals surface area contributed by atoms with Crippen LogP contribution in [0.15, 0.2) is 11.8 Å². The number of nitrogens with one attached hydrogen (secondary N) is 2. The Kier molecular flexibility index (Phi) is 6.67. The quantitative estimate of drug-likeness (QED) is 0.353. The van der Waals surface area contributed by atoms with Gasteiger partial charge in [-0.25, -0.2) is 4.79 Å². The van der Waals surface area contributed by atoms with Gasteiger partial charge in [-0.1, -0.05) is 13.8 Å². The van der Waals surface area contributed by atoms with Crippen LogP contribution in [-0.4, -0.2) is 40.6 Å². The van der Waals surface area contributed by atoms with Crippen molar-refractivity contribution in [1.29, 1.82) is 5.26 Å². The Balaban J connectivity index is 4.72. The Labute approximate surface area is 109 Å². The molecule has 0 bridgehead atoms. The SMILES string of the molecule is CC(C)C(NC(=O)/C(C#N)=C\NCC(=O)O)C(=O)O. The Morgan fingerprint density at radius 2 is 1.89 bits per heavy atom. The van der Waals surface area contributed by atoms with Crippen molar-refractivity contribution in [1.82, 2.24) is 10.6 Å². The van der Waals surface area contributed by atoms with Crippen LogP contribution in [0.25, 0.3) is 0 Å². The van der Waals surface area contributed by atoms with E-state index in [0.29, 0.717) is 0 Å². The van der Waals surface area contributed by atoms with Gasteiger partial charge in [0.15, 0.2) is 0 Å². The molecule has 4 N–H and O–H groups in total. The van der Waals surface area contributed by atoms with Crippen molar-refractivity contribution in [3.63, 3.8) is 0 Å². The molecule has 0 saturated carbocycles. The van der Waals surface area contributed by atoms with Crippen LogP contribution in [0.4, 0.5) is 0 Å². The summed E-state index contributed by atoms with van der Waals surface area (Å²) in [4.78, 5) is 32.7. The predicted octanol–water partition coefficient (Wildman–Crippen LogP) is -0.707. The zero-order valence-electron chi connectivity index (χ0n) is 10.5. The molecule has 0 heterocycles. The maximum Gasteiger partial charge on any atom is 0.326 e. The highest BCUT2D eigenvalue weighted by atomic mass is 16.4. The Morgan fingerprint density at radius 3 is 2.26 bits per heavy atom. The highest BCUT2D eigenvalue weighted by Gasteiger charge is 2.24. The predicted molar refractivity (Wildman–Crippen MR) is 63.7 cm³/mol. The Morgan fingerprint density at radius 1 is 1.32 bits per heavy atom.